The van der Waals surface area contributed by atoms with Gasteiger partial charge in [-0.05, 0) is 51.0 Å². The Kier molecular flexibility index (Phi) is 13.2. The van der Waals surface area contributed by atoms with Gasteiger partial charge in [0.15, 0.2) is 0 Å². The molecule has 4 fully saturated rings. The first-order valence-corrected chi connectivity index (χ1v) is 18.2. The van der Waals surface area contributed by atoms with Crippen LogP contribution in [0.25, 0.3) is 0 Å². The number of aliphatic hydroxyl groups excluding tert-OH is 1. The number of aliphatic hydroxyl groups is 1. The van der Waals surface area contributed by atoms with Gasteiger partial charge in [-0.3, -0.25) is 24.1 Å². The molecule has 3 amide bonds. The molecule has 0 aliphatic carbocycles. The first kappa shape index (κ1) is 37.7. The molecular weight excluding hydrogens is 640 g/mol. The molecule has 1 spiro atoms. The first-order valence-electron chi connectivity index (χ1n) is 18.2. The minimum absolute atomic E-state index is 0.0476. The average molecular weight is 695 g/mol. The first-order chi connectivity index (χ1) is 24.2. The zero-order chi connectivity index (χ0) is 35.7. The summed E-state index contributed by atoms with van der Waals surface area (Å²) in [6, 6.07) is 7.80. The van der Waals surface area contributed by atoms with Gasteiger partial charge in [0.1, 0.15) is 17.7 Å². The van der Waals surface area contributed by atoms with Crippen LogP contribution in [0.3, 0.4) is 0 Å². The molecule has 12 heteroatoms. The summed E-state index contributed by atoms with van der Waals surface area (Å²) >= 11 is 0. The number of allylic oxidation sites excluding steroid dienone is 1. The number of rotatable bonds is 19. The molecular formula is C38H54N4O8. The van der Waals surface area contributed by atoms with Crippen molar-refractivity contribution in [2.45, 2.75) is 81.8 Å². The van der Waals surface area contributed by atoms with E-state index in [1.807, 2.05) is 30.3 Å². The van der Waals surface area contributed by atoms with Crippen molar-refractivity contribution < 1.29 is 38.5 Å². The summed E-state index contributed by atoms with van der Waals surface area (Å²) in [7, 11) is 0. The molecule has 0 saturated carbocycles. The second-order valence-electron chi connectivity index (χ2n) is 13.9. The fourth-order valence-corrected chi connectivity index (χ4v) is 8.16. The van der Waals surface area contributed by atoms with Gasteiger partial charge in [0.05, 0.1) is 37.2 Å². The molecule has 1 aromatic rings. The summed E-state index contributed by atoms with van der Waals surface area (Å²) in [5, 5.41) is 12.3. The largest absolute Gasteiger partial charge is 0.455 e. The third kappa shape index (κ3) is 8.14. The lowest BCUT2D eigenvalue weighted by Crippen LogP contribution is -2.57. The van der Waals surface area contributed by atoms with Gasteiger partial charge >= 0.3 is 5.97 Å². The Balaban J connectivity index is 1.40. The Morgan fingerprint density at radius 2 is 1.88 bits per heavy atom. The SMILES string of the molecule is C=CCCC(=O)N[C@H](C)[C@@H](OC(=O)[C@@H]1[C@H]2C(=O)N(CCCCCO)[C@H](C(=O)N(CC=C)CCN3CCOCC3)[C@]23CC[C@H]1O3)c1ccccc1. The van der Waals surface area contributed by atoms with E-state index < -0.39 is 47.7 Å². The van der Waals surface area contributed by atoms with Crippen molar-refractivity contribution in [3.8, 4) is 0 Å². The standard InChI is InChI=1S/C38H54N4O8/c1-4-6-15-30(44)39-27(3)33(28-13-9-7-10-14-28)49-37(47)31-29-16-17-38(50-29)32(31)35(45)42(19-11-8-12-24-43)34(38)36(46)41(18-5-2)21-20-40-22-25-48-26-23-40/h4-5,7,9-10,13-14,27,29,31-34,43H,1-2,6,8,11-12,15-26H2,3H3,(H,39,44)/t27-,29-,31+,32+,33-,34-,38+/m1/s1. The topological polar surface area (TPSA) is 138 Å². The van der Waals surface area contributed by atoms with Gasteiger partial charge in [-0.25, -0.2) is 0 Å². The van der Waals surface area contributed by atoms with E-state index in [9.17, 15) is 24.3 Å². The minimum Gasteiger partial charge on any atom is -0.455 e. The second kappa shape index (κ2) is 17.6. The number of morpholine rings is 1. The lowest BCUT2D eigenvalue weighted by molar-refractivity contribution is -0.162. The number of hydrogen-bond acceptors (Lipinski definition) is 9. The second-order valence-corrected chi connectivity index (χ2v) is 13.9. The van der Waals surface area contributed by atoms with E-state index in [2.05, 4.69) is 23.4 Å². The average Bonchev–Trinajstić information content (AvgIpc) is 3.77. The third-order valence-electron chi connectivity index (χ3n) is 10.6. The van der Waals surface area contributed by atoms with Gasteiger partial charge in [-0.2, -0.15) is 0 Å². The van der Waals surface area contributed by atoms with Crippen molar-refractivity contribution in [3.63, 3.8) is 0 Å². The molecule has 4 saturated heterocycles. The summed E-state index contributed by atoms with van der Waals surface area (Å²) in [6.07, 6.45) is 5.66. The maximum atomic E-state index is 14.6. The van der Waals surface area contributed by atoms with Crippen LogP contribution in [-0.4, -0.2) is 126 Å². The number of unbranched alkanes of at least 4 members (excludes halogenated alkanes) is 2. The van der Waals surface area contributed by atoms with Crippen LogP contribution in [0, 0.1) is 11.8 Å². The van der Waals surface area contributed by atoms with Crippen molar-refractivity contribution in [2.75, 3.05) is 59.1 Å². The quantitative estimate of drug-likeness (QED) is 0.127. The van der Waals surface area contributed by atoms with Crippen molar-refractivity contribution >= 4 is 23.7 Å². The van der Waals surface area contributed by atoms with E-state index in [1.54, 1.807) is 28.9 Å². The van der Waals surface area contributed by atoms with E-state index in [1.165, 1.54) is 0 Å². The third-order valence-corrected chi connectivity index (χ3v) is 10.6. The van der Waals surface area contributed by atoms with E-state index in [0.29, 0.717) is 83.5 Å². The predicted molar refractivity (Wildman–Crippen MR) is 187 cm³/mol. The number of esters is 1. The summed E-state index contributed by atoms with van der Waals surface area (Å²) in [4.78, 5) is 61.8. The molecule has 5 rings (SSSR count). The number of carbonyl (C=O) groups excluding carboxylic acids is 4. The molecule has 4 heterocycles. The van der Waals surface area contributed by atoms with Crippen molar-refractivity contribution in [1.82, 2.24) is 20.0 Å². The number of nitrogens with one attached hydrogen (secondary N) is 1. The minimum atomic E-state index is -1.16. The molecule has 2 bridgehead atoms. The molecule has 1 aromatic carbocycles. The maximum Gasteiger partial charge on any atom is 0.313 e. The van der Waals surface area contributed by atoms with Gasteiger partial charge in [0, 0.05) is 52.3 Å². The zero-order valence-corrected chi connectivity index (χ0v) is 29.4. The van der Waals surface area contributed by atoms with Gasteiger partial charge in [-0.1, -0.05) is 42.5 Å². The number of benzene rings is 1. The number of likely N-dealkylation sites (tertiary alicyclic amines) is 1. The number of ether oxygens (including phenoxy) is 3. The van der Waals surface area contributed by atoms with Gasteiger partial charge in [0.25, 0.3) is 0 Å². The van der Waals surface area contributed by atoms with E-state index >= 15 is 0 Å². The summed E-state index contributed by atoms with van der Waals surface area (Å²) in [5.41, 5.74) is -0.446. The fourth-order valence-electron chi connectivity index (χ4n) is 8.16. The van der Waals surface area contributed by atoms with Crippen LogP contribution in [0.4, 0.5) is 0 Å². The number of hydrogen-bond donors (Lipinski definition) is 2. The van der Waals surface area contributed by atoms with Crippen LogP contribution in [0.2, 0.25) is 0 Å². The van der Waals surface area contributed by atoms with Crippen molar-refractivity contribution in [3.05, 3.63) is 61.2 Å². The lowest BCUT2D eigenvalue weighted by Gasteiger charge is -2.37. The molecule has 12 nitrogen and oxygen atoms in total. The molecule has 0 radical (unpaired) electrons. The highest BCUT2D eigenvalue weighted by Crippen LogP contribution is 2.59. The molecule has 274 valence electrons. The Morgan fingerprint density at radius 1 is 1.12 bits per heavy atom. The Labute approximate surface area is 295 Å². The molecule has 4 aliphatic heterocycles. The highest BCUT2D eigenvalue weighted by atomic mass is 16.6. The van der Waals surface area contributed by atoms with Gasteiger partial charge < -0.3 is 34.4 Å². The molecule has 0 unspecified atom stereocenters. The molecule has 50 heavy (non-hydrogen) atoms. The normalized spacial score (nSPS) is 27.0. The number of fused-ring (bicyclic) bond motifs is 1. The zero-order valence-electron chi connectivity index (χ0n) is 29.4. The summed E-state index contributed by atoms with van der Waals surface area (Å²) in [5.74, 6) is -3.00. The highest BCUT2D eigenvalue weighted by molar-refractivity contribution is 5.98. The lowest BCUT2D eigenvalue weighted by atomic mass is 9.70. The van der Waals surface area contributed by atoms with Crippen molar-refractivity contribution in [1.29, 1.82) is 0 Å². The van der Waals surface area contributed by atoms with Crippen LogP contribution in [-0.2, 0) is 33.4 Å². The van der Waals surface area contributed by atoms with E-state index in [-0.39, 0.29) is 30.7 Å². The van der Waals surface area contributed by atoms with Crippen LogP contribution in [0.1, 0.15) is 63.5 Å². The molecule has 4 aliphatic rings. The summed E-state index contributed by atoms with van der Waals surface area (Å²) < 4.78 is 18.4. The number of carbonyl (C=O) groups is 4. The van der Waals surface area contributed by atoms with Crippen LogP contribution < -0.4 is 5.32 Å². The summed E-state index contributed by atoms with van der Waals surface area (Å²) in [6.45, 7) is 14.1. The number of nitrogens with zero attached hydrogens (tertiary/aromatic N) is 3. The Bertz CT molecular complexity index is 1350. The Hall–Kier alpha value is -3.58. The van der Waals surface area contributed by atoms with E-state index in [0.717, 1.165) is 13.1 Å². The highest BCUT2D eigenvalue weighted by Gasteiger charge is 2.75. The molecule has 7 atom stereocenters. The molecule has 0 aromatic heterocycles. The van der Waals surface area contributed by atoms with Gasteiger partial charge in [0.2, 0.25) is 17.7 Å². The Morgan fingerprint density at radius 3 is 2.58 bits per heavy atom. The van der Waals surface area contributed by atoms with Gasteiger partial charge in [-0.15, -0.1) is 13.2 Å². The van der Waals surface area contributed by atoms with Crippen LogP contribution in [0.5, 0.6) is 0 Å². The maximum absolute atomic E-state index is 14.6. The van der Waals surface area contributed by atoms with Crippen LogP contribution in [0.15, 0.2) is 55.6 Å². The van der Waals surface area contributed by atoms with E-state index in [4.69, 9.17) is 14.2 Å². The van der Waals surface area contributed by atoms with Crippen LogP contribution >= 0.6 is 0 Å². The van der Waals surface area contributed by atoms with Crippen molar-refractivity contribution in [2.24, 2.45) is 11.8 Å². The monoisotopic (exact) mass is 694 g/mol. The fraction of sp³-hybridized carbons (Fsp3) is 0.632. The smallest absolute Gasteiger partial charge is 0.313 e. The predicted octanol–water partition coefficient (Wildman–Crippen LogP) is 2.63. The number of amides is 3. The molecule has 2 N–H and O–H groups in total.